The molecule has 1 N–H and O–H groups in total. The molecule has 0 atom stereocenters. The molecule has 3 aromatic rings. The molecule has 0 saturated carbocycles. The van der Waals surface area contributed by atoms with E-state index in [2.05, 4.69) is 5.32 Å². The maximum absolute atomic E-state index is 13.3. The molecule has 0 bridgehead atoms. The number of amides is 1. The van der Waals surface area contributed by atoms with Gasteiger partial charge in [-0.15, -0.1) is 0 Å². The first-order chi connectivity index (χ1) is 15.4. The Morgan fingerprint density at radius 1 is 1.03 bits per heavy atom. The van der Waals surface area contributed by atoms with Crippen molar-refractivity contribution in [1.82, 2.24) is 0 Å². The van der Waals surface area contributed by atoms with E-state index in [0.717, 1.165) is 35.3 Å². The lowest BCUT2D eigenvalue weighted by atomic mass is 10.0. The van der Waals surface area contributed by atoms with Gasteiger partial charge in [0, 0.05) is 12.2 Å². The van der Waals surface area contributed by atoms with E-state index in [-0.39, 0.29) is 17.2 Å². The van der Waals surface area contributed by atoms with Gasteiger partial charge in [-0.1, -0.05) is 35.9 Å². The van der Waals surface area contributed by atoms with Crippen molar-refractivity contribution in [3.8, 4) is 5.75 Å². The summed E-state index contributed by atoms with van der Waals surface area (Å²) >= 11 is 0. The highest BCUT2D eigenvalue weighted by molar-refractivity contribution is 7.92. The summed E-state index contributed by atoms with van der Waals surface area (Å²) < 4.78 is 33.2. The Balaban J connectivity index is 1.55. The van der Waals surface area contributed by atoms with Crippen LogP contribution in [0.2, 0.25) is 0 Å². The zero-order valence-corrected chi connectivity index (χ0v) is 19.0. The summed E-state index contributed by atoms with van der Waals surface area (Å²) in [4.78, 5) is 12.8. The van der Waals surface area contributed by atoms with Crippen molar-refractivity contribution < 1.29 is 17.9 Å². The van der Waals surface area contributed by atoms with Crippen LogP contribution in [-0.4, -0.2) is 28.0 Å². The van der Waals surface area contributed by atoms with E-state index in [9.17, 15) is 13.2 Å². The van der Waals surface area contributed by atoms with Crippen LogP contribution in [0.15, 0.2) is 71.6 Å². The van der Waals surface area contributed by atoms with Crippen LogP contribution < -0.4 is 14.4 Å². The van der Waals surface area contributed by atoms with Crippen molar-refractivity contribution >= 4 is 27.3 Å². The van der Waals surface area contributed by atoms with Crippen LogP contribution in [0, 0.1) is 6.92 Å². The fourth-order valence-corrected chi connectivity index (χ4v) is 5.37. The number of hydrogen-bond acceptors (Lipinski definition) is 4. The number of rotatable bonds is 6. The molecule has 7 heteroatoms. The maximum atomic E-state index is 13.3. The van der Waals surface area contributed by atoms with Crippen LogP contribution >= 0.6 is 0 Å². The van der Waals surface area contributed by atoms with Crippen LogP contribution in [0.3, 0.4) is 0 Å². The molecule has 0 aliphatic carbocycles. The molecule has 3 aromatic carbocycles. The van der Waals surface area contributed by atoms with Crippen LogP contribution in [-0.2, 0) is 27.7 Å². The number of hydrogen-bond donors (Lipinski definition) is 1. The van der Waals surface area contributed by atoms with Gasteiger partial charge in [-0.05, 0) is 67.3 Å². The molecule has 0 aromatic heterocycles. The van der Waals surface area contributed by atoms with E-state index >= 15 is 0 Å². The molecule has 32 heavy (non-hydrogen) atoms. The van der Waals surface area contributed by atoms with E-state index in [4.69, 9.17) is 4.74 Å². The van der Waals surface area contributed by atoms with Gasteiger partial charge in [-0.2, -0.15) is 0 Å². The highest BCUT2D eigenvalue weighted by Gasteiger charge is 2.29. The van der Waals surface area contributed by atoms with Gasteiger partial charge >= 0.3 is 0 Å². The zero-order chi connectivity index (χ0) is 22.7. The molecule has 1 amide bonds. The number of sulfonamides is 1. The molecule has 166 valence electrons. The van der Waals surface area contributed by atoms with E-state index in [1.165, 1.54) is 4.31 Å². The topological polar surface area (TPSA) is 75.7 Å². The first-order valence-electron chi connectivity index (χ1n) is 10.5. The van der Waals surface area contributed by atoms with E-state index in [1.54, 1.807) is 37.4 Å². The highest BCUT2D eigenvalue weighted by Crippen LogP contribution is 2.34. The second-order valence-corrected chi connectivity index (χ2v) is 9.77. The fraction of sp³-hybridized carbons (Fsp3) is 0.240. The molecule has 0 spiro atoms. The van der Waals surface area contributed by atoms with Gasteiger partial charge in [0.25, 0.3) is 10.0 Å². The Hall–Kier alpha value is -3.32. The minimum atomic E-state index is -3.68. The minimum absolute atomic E-state index is 0.168. The average molecular weight is 451 g/mol. The minimum Gasteiger partial charge on any atom is -0.497 e. The standard InChI is InChI=1S/C25H26N2O4S/c1-18-5-13-23(14-6-18)32(29,30)27-15-3-4-20-9-10-21(17-24(20)27)26-25(28)16-19-7-11-22(31-2)12-8-19/h5-14,17H,3-4,15-16H2,1-2H3,(H,26,28). The fourth-order valence-electron chi connectivity index (χ4n) is 3.84. The number of nitrogens with one attached hydrogen (secondary N) is 1. The number of methoxy groups -OCH3 is 1. The summed E-state index contributed by atoms with van der Waals surface area (Å²) in [6.07, 6.45) is 1.77. The second kappa shape index (κ2) is 9.04. The van der Waals surface area contributed by atoms with Gasteiger partial charge < -0.3 is 10.1 Å². The van der Waals surface area contributed by atoms with Gasteiger partial charge in [0.1, 0.15) is 5.75 Å². The van der Waals surface area contributed by atoms with Crippen LogP contribution in [0.25, 0.3) is 0 Å². The monoisotopic (exact) mass is 450 g/mol. The van der Waals surface area contributed by atoms with E-state index in [1.807, 2.05) is 43.3 Å². The van der Waals surface area contributed by atoms with Crippen molar-refractivity contribution in [2.75, 3.05) is 23.3 Å². The van der Waals surface area contributed by atoms with E-state index < -0.39 is 10.0 Å². The van der Waals surface area contributed by atoms with Gasteiger partial charge in [0.2, 0.25) is 5.91 Å². The van der Waals surface area contributed by atoms with Gasteiger partial charge in [0.05, 0.1) is 24.1 Å². The summed E-state index contributed by atoms with van der Waals surface area (Å²) in [6, 6.07) is 19.7. The number of nitrogens with zero attached hydrogens (tertiary/aromatic N) is 1. The number of anilines is 2. The first kappa shape index (κ1) is 21.9. The van der Waals surface area contributed by atoms with Crippen LogP contribution in [0.4, 0.5) is 11.4 Å². The van der Waals surface area contributed by atoms with Crippen molar-refractivity contribution in [1.29, 1.82) is 0 Å². The highest BCUT2D eigenvalue weighted by atomic mass is 32.2. The number of ether oxygens (including phenoxy) is 1. The van der Waals surface area contributed by atoms with E-state index in [0.29, 0.717) is 17.9 Å². The lowest BCUT2D eigenvalue weighted by Crippen LogP contribution is -2.35. The molecular formula is C25H26N2O4S. The van der Waals surface area contributed by atoms with Crippen molar-refractivity contribution in [2.45, 2.75) is 31.1 Å². The Labute approximate surface area is 188 Å². The third-order valence-corrected chi connectivity index (χ3v) is 7.41. The number of carbonyl (C=O) groups is 1. The van der Waals surface area contributed by atoms with Crippen molar-refractivity contribution in [3.63, 3.8) is 0 Å². The molecule has 1 aliphatic rings. The number of aryl methyl sites for hydroxylation is 2. The summed E-state index contributed by atoms with van der Waals surface area (Å²) in [5.41, 5.74) is 4.03. The van der Waals surface area contributed by atoms with Crippen LogP contribution in [0.5, 0.6) is 5.75 Å². The lowest BCUT2D eigenvalue weighted by Gasteiger charge is -2.31. The molecule has 0 unspecified atom stereocenters. The summed E-state index contributed by atoms with van der Waals surface area (Å²) in [7, 11) is -2.09. The van der Waals surface area contributed by atoms with Gasteiger partial charge in [0.15, 0.2) is 0 Å². The third kappa shape index (κ3) is 4.62. The Bertz CT molecular complexity index is 1220. The number of fused-ring (bicyclic) bond motifs is 1. The molecular weight excluding hydrogens is 424 g/mol. The lowest BCUT2D eigenvalue weighted by molar-refractivity contribution is -0.115. The quantitative estimate of drug-likeness (QED) is 0.607. The molecule has 0 fully saturated rings. The molecule has 1 aliphatic heterocycles. The first-order valence-corrected chi connectivity index (χ1v) is 12.0. The predicted molar refractivity (Wildman–Crippen MR) is 126 cm³/mol. The molecule has 0 radical (unpaired) electrons. The molecule has 1 heterocycles. The number of carbonyl (C=O) groups excluding carboxylic acids is 1. The Kier molecular flexibility index (Phi) is 6.19. The SMILES string of the molecule is COc1ccc(CC(=O)Nc2ccc3c(c2)N(S(=O)(=O)c2ccc(C)cc2)CCC3)cc1. The smallest absolute Gasteiger partial charge is 0.264 e. The summed E-state index contributed by atoms with van der Waals surface area (Å²) in [5.74, 6) is 0.567. The predicted octanol–water partition coefficient (Wildman–Crippen LogP) is 4.33. The zero-order valence-electron chi connectivity index (χ0n) is 18.2. The largest absolute Gasteiger partial charge is 0.497 e. The van der Waals surface area contributed by atoms with Gasteiger partial charge in [-0.3, -0.25) is 9.10 Å². The normalized spacial score (nSPS) is 13.4. The summed E-state index contributed by atoms with van der Waals surface area (Å²) in [5, 5.41) is 2.90. The Morgan fingerprint density at radius 2 is 1.75 bits per heavy atom. The number of benzene rings is 3. The second-order valence-electron chi connectivity index (χ2n) is 7.91. The van der Waals surface area contributed by atoms with Crippen LogP contribution in [0.1, 0.15) is 23.1 Å². The summed E-state index contributed by atoms with van der Waals surface area (Å²) in [6.45, 7) is 2.33. The van der Waals surface area contributed by atoms with Gasteiger partial charge in [-0.25, -0.2) is 8.42 Å². The Morgan fingerprint density at radius 3 is 2.44 bits per heavy atom. The maximum Gasteiger partial charge on any atom is 0.264 e. The average Bonchev–Trinajstić information content (AvgIpc) is 2.79. The molecule has 6 nitrogen and oxygen atoms in total. The molecule has 4 rings (SSSR count). The third-order valence-electron chi connectivity index (χ3n) is 5.58. The molecule has 0 saturated heterocycles. The van der Waals surface area contributed by atoms with Crippen molar-refractivity contribution in [3.05, 3.63) is 83.4 Å². The van der Waals surface area contributed by atoms with Crippen molar-refractivity contribution in [2.24, 2.45) is 0 Å².